The summed E-state index contributed by atoms with van der Waals surface area (Å²) in [4.78, 5) is 14.1. The number of halogens is 3. The van der Waals surface area contributed by atoms with Crippen molar-refractivity contribution in [1.82, 2.24) is 4.90 Å². The third-order valence-corrected chi connectivity index (χ3v) is 4.01. The molecule has 7 heteroatoms. The summed E-state index contributed by atoms with van der Waals surface area (Å²) < 4.78 is 43.2. The van der Waals surface area contributed by atoms with Gasteiger partial charge in [-0.05, 0) is 64.3 Å². The maximum Gasteiger partial charge on any atom is 0.416 e. The first kappa shape index (κ1) is 19.4. The number of hydrogen-bond donors (Lipinski definition) is 1. The molecule has 0 spiro atoms. The number of alkyl halides is 3. The fourth-order valence-electron chi connectivity index (χ4n) is 2.79. The van der Waals surface area contributed by atoms with E-state index in [0.717, 1.165) is 31.4 Å². The van der Waals surface area contributed by atoms with Gasteiger partial charge in [-0.1, -0.05) is 0 Å². The number of benzene rings is 1. The zero-order valence-corrected chi connectivity index (χ0v) is 14.8. The molecule has 1 aliphatic heterocycles. The first-order chi connectivity index (χ1) is 11.6. The van der Waals surface area contributed by atoms with E-state index in [9.17, 15) is 18.0 Å². The van der Waals surface area contributed by atoms with E-state index in [0.29, 0.717) is 18.8 Å². The average molecular weight is 358 g/mol. The molecule has 1 heterocycles. The van der Waals surface area contributed by atoms with Gasteiger partial charge in [0.1, 0.15) is 5.60 Å². The smallest absolute Gasteiger partial charge is 0.416 e. The Labute approximate surface area is 146 Å². The van der Waals surface area contributed by atoms with Crippen molar-refractivity contribution in [2.24, 2.45) is 0 Å². The van der Waals surface area contributed by atoms with Gasteiger partial charge in [-0.25, -0.2) is 4.79 Å². The molecule has 0 aliphatic carbocycles. The molecule has 0 radical (unpaired) electrons. The van der Waals surface area contributed by atoms with Crippen molar-refractivity contribution >= 4 is 11.8 Å². The Morgan fingerprint density at radius 1 is 1.20 bits per heavy atom. The molecule has 1 aliphatic rings. The van der Waals surface area contributed by atoms with Crippen LogP contribution in [-0.4, -0.2) is 35.7 Å². The van der Waals surface area contributed by atoms with Crippen LogP contribution in [0.15, 0.2) is 24.3 Å². The molecule has 2 rings (SSSR count). The second-order valence-electron chi connectivity index (χ2n) is 7.28. The Morgan fingerprint density at radius 2 is 1.84 bits per heavy atom. The molecule has 0 saturated carbocycles. The van der Waals surface area contributed by atoms with Crippen LogP contribution in [0.25, 0.3) is 0 Å². The number of ether oxygens (including phenoxy) is 1. The van der Waals surface area contributed by atoms with Crippen molar-refractivity contribution in [3.05, 3.63) is 29.8 Å². The third kappa shape index (κ3) is 5.83. The molecule has 4 nitrogen and oxygen atoms in total. The zero-order valence-electron chi connectivity index (χ0n) is 14.8. The minimum Gasteiger partial charge on any atom is -0.444 e. The van der Waals surface area contributed by atoms with Crippen molar-refractivity contribution in [1.29, 1.82) is 0 Å². The summed E-state index contributed by atoms with van der Waals surface area (Å²) in [6.45, 7) is 6.58. The van der Waals surface area contributed by atoms with Crippen molar-refractivity contribution in [2.75, 3.05) is 18.4 Å². The highest BCUT2D eigenvalue weighted by molar-refractivity contribution is 5.68. The summed E-state index contributed by atoms with van der Waals surface area (Å²) in [5.41, 5.74) is -0.631. The van der Waals surface area contributed by atoms with E-state index < -0.39 is 17.3 Å². The van der Waals surface area contributed by atoms with Gasteiger partial charge in [0.2, 0.25) is 0 Å². The number of amides is 1. The number of nitrogens with zero attached hydrogens (tertiary/aromatic N) is 1. The van der Waals surface area contributed by atoms with E-state index in [1.807, 2.05) is 20.8 Å². The lowest BCUT2D eigenvalue weighted by Gasteiger charge is -2.37. The number of hydrogen-bond acceptors (Lipinski definition) is 3. The van der Waals surface area contributed by atoms with Gasteiger partial charge in [0.15, 0.2) is 0 Å². The van der Waals surface area contributed by atoms with Crippen LogP contribution in [0.3, 0.4) is 0 Å². The van der Waals surface area contributed by atoms with Gasteiger partial charge in [-0.3, -0.25) is 0 Å². The highest BCUT2D eigenvalue weighted by Crippen LogP contribution is 2.30. The molecule has 1 fully saturated rings. The Morgan fingerprint density at radius 3 is 2.40 bits per heavy atom. The highest BCUT2D eigenvalue weighted by atomic mass is 19.4. The standard InChI is InChI=1S/C18H25F3N2O2/c1-17(2,3)25-16(24)23-11-5-4-6-15(23)12-22-14-9-7-13(8-10-14)18(19,20)21/h7-10,15,22H,4-6,11-12H2,1-3H3/t15-/m0/s1. The lowest BCUT2D eigenvalue weighted by atomic mass is 10.0. The normalized spacial score (nSPS) is 18.8. The maximum absolute atomic E-state index is 12.6. The van der Waals surface area contributed by atoms with Gasteiger partial charge >= 0.3 is 12.3 Å². The molecule has 1 aromatic carbocycles. The molecule has 0 aromatic heterocycles. The monoisotopic (exact) mass is 358 g/mol. The number of rotatable bonds is 3. The average Bonchev–Trinajstić information content (AvgIpc) is 2.51. The summed E-state index contributed by atoms with van der Waals surface area (Å²) in [7, 11) is 0. The molecule has 1 aromatic rings. The highest BCUT2D eigenvalue weighted by Gasteiger charge is 2.31. The Kier molecular flexibility index (Phi) is 5.85. The number of likely N-dealkylation sites (tertiary alicyclic amines) is 1. The van der Waals surface area contributed by atoms with Crippen LogP contribution in [0.4, 0.5) is 23.7 Å². The lowest BCUT2D eigenvalue weighted by molar-refractivity contribution is -0.137. The maximum atomic E-state index is 12.6. The van der Waals surface area contributed by atoms with Crippen LogP contribution >= 0.6 is 0 Å². The van der Waals surface area contributed by atoms with Crippen LogP contribution < -0.4 is 5.32 Å². The lowest BCUT2D eigenvalue weighted by Crippen LogP contribution is -2.48. The molecule has 1 atom stereocenters. The van der Waals surface area contributed by atoms with Crippen LogP contribution in [0.2, 0.25) is 0 Å². The first-order valence-corrected chi connectivity index (χ1v) is 8.47. The van der Waals surface area contributed by atoms with E-state index in [1.54, 1.807) is 4.90 Å². The second-order valence-corrected chi connectivity index (χ2v) is 7.28. The first-order valence-electron chi connectivity index (χ1n) is 8.47. The zero-order chi connectivity index (χ0) is 18.7. The van der Waals surface area contributed by atoms with Gasteiger partial charge in [0, 0.05) is 18.8 Å². The summed E-state index contributed by atoms with van der Waals surface area (Å²) in [5, 5.41) is 3.12. The fourth-order valence-corrected chi connectivity index (χ4v) is 2.79. The molecule has 1 amide bonds. The van der Waals surface area contributed by atoms with E-state index in [2.05, 4.69) is 5.32 Å². The van der Waals surface area contributed by atoms with Gasteiger partial charge in [-0.2, -0.15) is 13.2 Å². The molecule has 1 N–H and O–H groups in total. The second kappa shape index (κ2) is 7.54. The van der Waals surface area contributed by atoms with E-state index in [1.165, 1.54) is 12.1 Å². The van der Waals surface area contributed by atoms with Crippen LogP contribution in [0, 0.1) is 0 Å². The summed E-state index contributed by atoms with van der Waals surface area (Å²) >= 11 is 0. The Bertz CT molecular complexity index is 579. The van der Waals surface area contributed by atoms with Crippen LogP contribution in [0.5, 0.6) is 0 Å². The Balaban J connectivity index is 1.96. The van der Waals surface area contributed by atoms with Crippen molar-refractivity contribution in [3.8, 4) is 0 Å². The quantitative estimate of drug-likeness (QED) is 0.835. The van der Waals surface area contributed by atoms with Crippen molar-refractivity contribution in [3.63, 3.8) is 0 Å². The SMILES string of the molecule is CC(C)(C)OC(=O)N1CCCC[C@H]1CNc1ccc(C(F)(F)F)cc1. The number of nitrogens with one attached hydrogen (secondary N) is 1. The van der Waals surface area contributed by atoms with Gasteiger partial charge in [0.25, 0.3) is 0 Å². The number of carbonyl (C=O) groups excluding carboxylic acids is 1. The van der Waals surface area contributed by atoms with E-state index >= 15 is 0 Å². The number of anilines is 1. The van der Waals surface area contributed by atoms with Crippen LogP contribution in [-0.2, 0) is 10.9 Å². The molecule has 140 valence electrons. The predicted molar refractivity (Wildman–Crippen MR) is 90.5 cm³/mol. The van der Waals surface area contributed by atoms with E-state index in [-0.39, 0.29) is 12.1 Å². The summed E-state index contributed by atoms with van der Waals surface area (Å²) in [6.07, 6.45) is -1.90. The molecule has 25 heavy (non-hydrogen) atoms. The molecular formula is C18H25F3N2O2. The third-order valence-electron chi connectivity index (χ3n) is 4.01. The predicted octanol–water partition coefficient (Wildman–Crippen LogP) is 4.91. The van der Waals surface area contributed by atoms with E-state index in [4.69, 9.17) is 4.74 Å². The molecule has 0 unspecified atom stereocenters. The topological polar surface area (TPSA) is 41.6 Å². The minimum atomic E-state index is -4.34. The summed E-state index contributed by atoms with van der Waals surface area (Å²) in [5.74, 6) is 0. The van der Waals surface area contributed by atoms with Gasteiger partial charge in [0.05, 0.1) is 11.6 Å². The molecular weight excluding hydrogens is 333 g/mol. The Hall–Kier alpha value is -1.92. The van der Waals surface area contributed by atoms with Crippen molar-refractivity contribution in [2.45, 2.75) is 57.9 Å². The van der Waals surface area contributed by atoms with Gasteiger partial charge < -0.3 is 15.0 Å². The number of carbonyl (C=O) groups is 1. The minimum absolute atomic E-state index is 0.0362. The van der Waals surface area contributed by atoms with Gasteiger partial charge in [-0.15, -0.1) is 0 Å². The fraction of sp³-hybridized carbons (Fsp3) is 0.611. The number of piperidine rings is 1. The largest absolute Gasteiger partial charge is 0.444 e. The summed E-state index contributed by atoms with van der Waals surface area (Å²) in [6, 6.07) is 4.88. The van der Waals surface area contributed by atoms with Crippen molar-refractivity contribution < 1.29 is 22.7 Å². The molecule has 0 bridgehead atoms. The molecule has 1 saturated heterocycles. The van der Waals surface area contributed by atoms with Crippen LogP contribution in [0.1, 0.15) is 45.6 Å².